The van der Waals surface area contributed by atoms with E-state index in [2.05, 4.69) is 25.1 Å². The van der Waals surface area contributed by atoms with Crippen LogP contribution in [0.1, 0.15) is 30.9 Å². The van der Waals surface area contributed by atoms with Crippen molar-refractivity contribution in [2.45, 2.75) is 38.6 Å². The summed E-state index contributed by atoms with van der Waals surface area (Å²) in [7, 11) is 0. The van der Waals surface area contributed by atoms with Crippen molar-refractivity contribution >= 4 is 11.8 Å². The molecule has 0 spiro atoms. The molecule has 2 nitrogen and oxygen atoms in total. The van der Waals surface area contributed by atoms with Crippen LogP contribution >= 0.6 is 11.8 Å². The third-order valence-corrected chi connectivity index (χ3v) is 4.60. The molecular formula is C15H23NOS. The van der Waals surface area contributed by atoms with Crippen LogP contribution in [0.25, 0.3) is 0 Å². The maximum Gasteiger partial charge on any atom is 0.122 e. The van der Waals surface area contributed by atoms with Gasteiger partial charge in [-0.15, -0.1) is 0 Å². The Bertz CT molecular complexity index is 381. The number of benzene rings is 1. The highest BCUT2D eigenvalue weighted by Crippen LogP contribution is 2.26. The Labute approximate surface area is 114 Å². The maximum atomic E-state index is 6.13. The quantitative estimate of drug-likeness (QED) is 0.770. The fraction of sp³-hybridized carbons (Fsp3) is 0.600. The molecule has 0 fully saturated rings. The van der Waals surface area contributed by atoms with Gasteiger partial charge in [-0.2, -0.15) is 11.8 Å². The van der Waals surface area contributed by atoms with Gasteiger partial charge in [-0.25, -0.2) is 0 Å². The Morgan fingerprint density at radius 1 is 1.44 bits per heavy atom. The molecule has 0 bridgehead atoms. The lowest BCUT2D eigenvalue weighted by Crippen LogP contribution is -2.23. The summed E-state index contributed by atoms with van der Waals surface area (Å²) < 4.78 is 5.52. The molecule has 0 radical (unpaired) electrons. The van der Waals surface area contributed by atoms with Gasteiger partial charge in [-0.05, 0) is 42.2 Å². The first-order valence-corrected chi connectivity index (χ1v) is 8.03. The number of hydrogen-bond donors (Lipinski definition) is 1. The highest BCUT2D eigenvalue weighted by atomic mass is 32.2. The van der Waals surface area contributed by atoms with E-state index in [4.69, 9.17) is 10.5 Å². The summed E-state index contributed by atoms with van der Waals surface area (Å²) in [6.45, 7) is 3.05. The predicted octanol–water partition coefficient (Wildman–Crippen LogP) is 3.02. The molecule has 1 aromatic rings. The second-order valence-electron chi connectivity index (χ2n) is 4.91. The lowest BCUT2D eigenvalue weighted by Gasteiger charge is -2.11. The van der Waals surface area contributed by atoms with Gasteiger partial charge in [0.2, 0.25) is 0 Å². The first kappa shape index (κ1) is 13.8. The third-order valence-electron chi connectivity index (χ3n) is 3.24. The van der Waals surface area contributed by atoms with Crippen LogP contribution in [0, 0.1) is 0 Å². The number of thioether (sulfide) groups is 1. The molecule has 1 aliphatic heterocycles. The summed E-state index contributed by atoms with van der Waals surface area (Å²) in [6.07, 6.45) is 4.46. The lowest BCUT2D eigenvalue weighted by atomic mass is 10.0. The normalized spacial score (nSPS) is 15.2. The van der Waals surface area contributed by atoms with Crippen molar-refractivity contribution in [3.63, 3.8) is 0 Å². The zero-order valence-corrected chi connectivity index (χ0v) is 12.0. The van der Waals surface area contributed by atoms with Gasteiger partial charge in [-0.3, -0.25) is 0 Å². The molecule has 0 aromatic heterocycles. The minimum Gasteiger partial charge on any atom is -0.493 e. The number of nitrogens with two attached hydrogens (primary N) is 1. The molecule has 2 rings (SSSR count). The summed E-state index contributed by atoms with van der Waals surface area (Å²) in [5.74, 6) is 3.38. The van der Waals surface area contributed by atoms with Gasteiger partial charge in [0, 0.05) is 18.2 Å². The topological polar surface area (TPSA) is 35.2 Å². The van der Waals surface area contributed by atoms with Crippen LogP contribution in [0.4, 0.5) is 0 Å². The van der Waals surface area contributed by atoms with Gasteiger partial charge in [0.15, 0.2) is 0 Å². The van der Waals surface area contributed by atoms with E-state index < -0.39 is 0 Å². The van der Waals surface area contributed by atoms with E-state index >= 15 is 0 Å². The van der Waals surface area contributed by atoms with Crippen molar-refractivity contribution in [3.05, 3.63) is 29.3 Å². The Morgan fingerprint density at radius 3 is 3.17 bits per heavy atom. The summed E-state index contributed by atoms with van der Waals surface area (Å²) in [5, 5.41) is 0. The first-order valence-electron chi connectivity index (χ1n) is 6.87. The third kappa shape index (κ3) is 3.92. The summed E-state index contributed by atoms with van der Waals surface area (Å²) in [6, 6.07) is 6.89. The van der Waals surface area contributed by atoms with E-state index in [1.807, 2.05) is 11.8 Å². The summed E-state index contributed by atoms with van der Waals surface area (Å²) in [4.78, 5) is 0. The maximum absolute atomic E-state index is 6.13. The highest BCUT2D eigenvalue weighted by molar-refractivity contribution is 7.99. The molecule has 18 heavy (non-hydrogen) atoms. The van der Waals surface area contributed by atoms with Crippen molar-refractivity contribution in [2.75, 3.05) is 18.1 Å². The van der Waals surface area contributed by atoms with Gasteiger partial charge in [-0.1, -0.05) is 19.1 Å². The van der Waals surface area contributed by atoms with Crippen molar-refractivity contribution in [2.24, 2.45) is 5.73 Å². The molecule has 1 aromatic carbocycles. The van der Waals surface area contributed by atoms with Gasteiger partial charge in [0.25, 0.3) is 0 Å². The Morgan fingerprint density at radius 2 is 2.33 bits per heavy atom. The van der Waals surface area contributed by atoms with Crippen LogP contribution in [0.15, 0.2) is 18.2 Å². The molecule has 0 aliphatic carbocycles. The van der Waals surface area contributed by atoms with Crippen LogP contribution in [0.3, 0.4) is 0 Å². The van der Waals surface area contributed by atoms with E-state index in [1.54, 1.807) is 0 Å². The predicted molar refractivity (Wildman–Crippen MR) is 79.6 cm³/mol. The van der Waals surface area contributed by atoms with Gasteiger partial charge < -0.3 is 10.5 Å². The highest BCUT2D eigenvalue weighted by Gasteiger charge is 2.12. The van der Waals surface area contributed by atoms with Crippen LogP contribution < -0.4 is 10.5 Å². The van der Waals surface area contributed by atoms with Crippen molar-refractivity contribution in [3.8, 4) is 5.75 Å². The van der Waals surface area contributed by atoms with Crippen molar-refractivity contribution in [1.29, 1.82) is 0 Å². The fourth-order valence-corrected chi connectivity index (χ4v) is 3.13. The van der Waals surface area contributed by atoms with E-state index in [1.165, 1.54) is 23.3 Å². The van der Waals surface area contributed by atoms with Crippen LogP contribution in [0.2, 0.25) is 0 Å². The average molecular weight is 265 g/mol. The van der Waals surface area contributed by atoms with E-state index in [9.17, 15) is 0 Å². The molecule has 0 saturated carbocycles. The van der Waals surface area contributed by atoms with Crippen molar-refractivity contribution < 1.29 is 4.74 Å². The number of fused-ring (bicyclic) bond motifs is 1. The number of hydrogen-bond acceptors (Lipinski definition) is 3. The average Bonchev–Trinajstić information content (AvgIpc) is 2.84. The first-order chi connectivity index (χ1) is 8.79. The standard InChI is InChI=1S/C15H23NOS/c1-2-9-18-11-14(16)5-3-12-4-6-15-13(10-12)7-8-17-15/h4,6,10,14H,2-3,5,7-9,11,16H2,1H3. The zero-order valence-electron chi connectivity index (χ0n) is 11.2. The molecule has 0 amide bonds. The second kappa shape index (κ2) is 7.05. The van der Waals surface area contributed by atoms with Gasteiger partial charge in [0.05, 0.1) is 6.61 Å². The monoisotopic (exact) mass is 265 g/mol. The van der Waals surface area contributed by atoms with Crippen LogP contribution in [-0.4, -0.2) is 24.2 Å². The van der Waals surface area contributed by atoms with E-state index in [-0.39, 0.29) is 0 Å². The molecule has 1 unspecified atom stereocenters. The fourth-order valence-electron chi connectivity index (χ4n) is 2.21. The molecule has 1 heterocycles. The Hall–Kier alpha value is -0.670. The van der Waals surface area contributed by atoms with Crippen molar-refractivity contribution in [1.82, 2.24) is 0 Å². The Balaban J connectivity index is 1.76. The molecule has 100 valence electrons. The number of aryl methyl sites for hydroxylation is 1. The van der Waals surface area contributed by atoms with Crippen LogP contribution in [0.5, 0.6) is 5.75 Å². The SMILES string of the molecule is CCCSCC(N)CCc1ccc2c(c1)CCO2. The minimum absolute atomic E-state index is 0.325. The molecule has 1 atom stereocenters. The van der Waals surface area contributed by atoms with Crippen LogP contribution in [-0.2, 0) is 12.8 Å². The van der Waals surface area contributed by atoms with E-state index in [0.29, 0.717) is 6.04 Å². The molecule has 2 N–H and O–H groups in total. The number of ether oxygens (including phenoxy) is 1. The molecule has 3 heteroatoms. The summed E-state index contributed by atoms with van der Waals surface area (Å²) >= 11 is 1.97. The largest absolute Gasteiger partial charge is 0.493 e. The lowest BCUT2D eigenvalue weighted by molar-refractivity contribution is 0.357. The molecular weight excluding hydrogens is 242 g/mol. The zero-order chi connectivity index (χ0) is 12.8. The summed E-state index contributed by atoms with van der Waals surface area (Å²) in [5.41, 5.74) is 8.89. The smallest absolute Gasteiger partial charge is 0.122 e. The van der Waals surface area contributed by atoms with Gasteiger partial charge >= 0.3 is 0 Å². The Kier molecular flexibility index (Phi) is 5.39. The minimum atomic E-state index is 0.325. The number of rotatable bonds is 7. The molecule has 0 saturated heterocycles. The van der Waals surface area contributed by atoms with E-state index in [0.717, 1.165) is 37.4 Å². The second-order valence-corrected chi connectivity index (χ2v) is 6.06. The van der Waals surface area contributed by atoms with Gasteiger partial charge in [0.1, 0.15) is 5.75 Å². The molecule has 1 aliphatic rings.